The molecule has 1 rings (SSSR count). The van der Waals surface area contributed by atoms with Gasteiger partial charge in [-0.3, -0.25) is 0 Å². The number of nitrogens with zero attached hydrogens (tertiary/aromatic N) is 1. The number of rotatable bonds is 5. The third-order valence-corrected chi connectivity index (χ3v) is 4.59. The summed E-state index contributed by atoms with van der Waals surface area (Å²) in [6, 6.07) is 0.639. The molecule has 1 aliphatic rings. The molecule has 3 nitrogen and oxygen atoms in total. The van der Waals surface area contributed by atoms with Crippen molar-refractivity contribution in [3.63, 3.8) is 0 Å². The molecule has 0 bridgehead atoms. The van der Waals surface area contributed by atoms with E-state index in [1.807, 2.05) is 0 Å². The van der Waals surface area contributed by atoms with Gasteiger partial charge in [0.2, 0.25) is 9.05 Å². The zero-order chi connectivity index (χ0) is 12.0. The highest BCUT2D eigenvalue weighted by atomic mass is 35.7. The van der Waals surface area contributed by atoms with E-state index in [9.17, 15) is 8.42 Å². The Morgan fingerprint density at radius 3 is 2.25 bits per heavy atom. The molecule has 0 amide bonds. The van der Waals surface area contributed by atoms with Gasteiger partial charge >= 0.3 is 0 Å². The predicted octanol–water partition coefficient (Wildman–Crippen LogP) is 2.60. The SMILES string of the molecule is CN(CCCS(=O)(=O)Cl)C1CCCCCC1. The maximum Gasteiger partial charge on any atom is 0.232 e. The molecule has 0 aliphatic heterocycles. The lowest BCUT2D eigenvalue weighted by molar-refractivity contribution is 0.222. The Balaban J connectivity index is 2.25. The molecule has 0 saturated heterocycles. The van der Waals surface area contributed by atoms with Gasteiger partial charge in [-0.25, -0.2) is 8.42 Å². The first-order chi connectivity index (χ1) is 7.49. The molecule has 0 atom stereocenters. The zero-order valence-electron chi connectivity index (χ0n) is 9.99. The Kier molecular flexibility index (Phi) is 6.08. The van der Waals surface area contributed by atoms with Gasteiger partial charge in [-0.05, 0) is 32.9 Å². The van der Waals surface area contributed by atoms with Crippen LogP contribution in [0.5, 0.6) is 0 Å². The van der Waals surface area contributed by atoms with Crippen LogP contribution in [0.15, 0.2) is 0 Å². The second kappa shape index (κ2) is 6.82. The van der Waals surface area contributed by atoms with E-state index in [-0.39, 0.29) is 5.75 Å². The van der Waals surface area contributed by atoms with Crippen LogP contribution in [0, 0.1) is 0 Å². The average Bonchev–Trinajstić information content (AvgIpc) is 2.43. The summed E-state index contributed by atoms with van der Waals surface area (Å²) in [6.07, 6.45) is 8.46. The van der Waals surface area contributed by atoms with Gasteiger partial charge in [0.25, 0.3) is 0 Å². The zero-order valence-corrected chi connectivity index (χ0v) is 11.6. The monoisotopic (exact) mass is 267 g/mol. The summed E-state index contributed by atoms with van der Waals surface area (Å²) >= 11 is 0. The summed E-state index contributed by atoms with van der Waals surface area (Å²) < 4.78 is 21.6. The summed E-state index contributed by atoms with van der Waals surface area (Å²) in [6.45, 7) is 0.830. The van der Waals surface area contributed by atoms with Crippen LogP contribution >= 0.6 is 10.7 Å². The molecule has 96 valence electrons. The van der Waals surface area contributed by atoms with Crippen LogP contribution < -0.4 is 0 Å². The van der Waals surface area contributed by atoms with Crippen molar-refractivity contribution in [3.8, 4) is 0 Å². The van der Waals surface area contributed by atoms with Crippen molar-refractivity contribution in [3.05, 3.63) is 0 Å². The van der Waals surface area contributed by atoms with Crippen LogP contribution in [-0.2, 0) is 9.05 Å². The molecular formula is C11H22ClNO2S. The van der Waals surface area contributed by atoms with Crippen molar-refractivity contribution in [2.45, 2.75) is 51.0 Å². The second-order valence-electron chi connectivity index (χ2n) is 4.72. The minimum atomic E-state index is -3.31. The molecule has 1 aliphatic carbocycles. The standard InChI is InChI=1S/C11H22ClNO2S/c1-13(9-6-10-16(12,14)15)11-7-4-2-3-5-8-11/h11H,2-10H2,1H3. The summed E-state index contributed by atoms with van der Waals surface area (Å²) in [5.41, 5.74) is 0. The maximum atomic E-state index is 10.8. The molecule has 0 spiro atoms. The molecule has 0 N–H and O–H groups in total. The molecule has 0 unspecified atom stereocenters. The van der Waals surface area contributed by atoms with Crippen LogP contribution in [0.2, 0.25) is 0 Å². The third-order valence-electron chi connectivity index (χ3n) is 3.35. The highest BCUT2D eigenvalue weighted by molar-refractivity contribution is 8.13. The van der Waals surface area contributed by atoms with Gasteiger partial charge < -0.3 is 4.90 Å². The molecule has 5 heteroatoms. The minimum absolute atomic E-state index is 0.0889. The lowest BCUT2D eigenvalue weighted by Gasteiger charge is -2.26. The summed E-state index contributed by atoms with van der Waals surface area (Å²) in [4.78, 5) is 2.30. The van der Waals surface area contributed by atoms with Gasteiger partial charge in [-0.2, -0.15) is 0 Å². The molecule has 0 heterocycles. The van der Waals surface area contributed by atoms with Crippen molar-refractivity contribution in [1.82, 2.24) is 4.90 Å². The Labute approximate surface area is 104 Å². The van der Waals surface area contributed by atoms with Gasteiger partial charge in [0.1, 0.15) is 0 Å². The van der Waals surface area contributed by atoms with Gasteiger partial charge in [0, 0.05) is 16.7 Å². The van der Waals surface area contributed by atoms with E-state index < -0.39 is 9.05 Å². The van der Waals surface area contributed by atoms with Crippen LogP contribution in [0.1, 0.15) is 44.9 Å². The maximum absolute atomic E-state index is 10.8. The quantitative estimate of drug-likeness (QED) is 0.568. The normalized spacial score (nSPS) is 19.9. The molecule has 1 fully saturated rings. The fraction of sp³-hybridized carbons (Fsp3) is 1.00. The summed E-state index contributed by atoms with van der Waals surface area (Å²) in [5.74, 6) is 0.0889. The van der Waals surface area contributed by atoms with Crippen molar-refractivity contribution in [2.24, 2.45) is 0 Å². The topological polar surface area (TPSA) is 37.4 Å². The van der Waals surface area contributed by atoms with Gasteiger partial charge in [0.05, 0.1) is 5.75 Å². The van der Waals surface area contributed by atoms with E-state index in [1.165, 1.54) is 38.5 Å². The highest BCUT2D eigenvalue weighted by Gasteiger charge is 2.17. The van der Waals surface area contributed by atoms with Crippen molar-refractivity contribution in [2.75, 3.05) is 19.3 Å². The van der Waals surface area contributed by atoms with Crippen LogP contribution in [-0.4, -0.2) is 38.7 Å². The van der Waals surface area contributed by atoms with Crippen LogP contribution in [0.25, 0.3) is 0 Å². The molecular weight excluding hydrogens is 246 g/mol. The molecule has 0 aromatic carbocycles. The first-order valence-electron chi connectivity index (χ1n) is 6.11. The fourth-order valence-corrected chi connectivity index (χ4v) is 3.17. The van der Waals surface area contributed by atoms with E-state index in [0.29, 0.717) is 12.5 Å². The third kappa shape index (κ3) is 6.06. The Morgan fingerprint density at radius 2 is 1.75 bits per heavy atom. The first kappa shape index (κ1) is 14.3. The molecule has 0 radical (unpaired) electrons. The van der Waals surface area contributed by atoms with Crippen LogP contribution in [0.3, 0.4) is 0 Å². The number of halogens is 1. The van der Waals surface area contributed by atoms with Gasteiger partial charge in [0.15, 0.2) is 0 Å². The summed E-state index contributed by atoms with van der Waals surface area (Å²) in [7, 11) is 3.96. The fourth-order valence-electron chi connectivity index (χ4n) is 2.37. The number of hydrogen-bond donors (Lipinski definition) is 0. The lowest BCUT2D eigenvalue weighted by Crippen LogP contribution is -2.32. The largest absolute Gasteiger partial charge is 0.303 e. The minimum Gasteiger partial charge on any atom is -0.303 e. The average molecular weight is 268 g/mol. The van der Waals surface area contributed by atoms with E-state index in [1.54, 1.807) is 0 Å². The lowest BCUT2D eigenvalue weighted by atomic mass is 10.1. The van der Waals surface area contributed by atoms with E-state index >= 15 is 0 Å². The number of hydrogen-bond acceptors (Lipinski definition) is 3. The first-order valence-corrected chi connectivity index (χ1v) is 8.59. The summed E-state index contributed by atoms with van der Waals surface area (Å²) in [5, 5.41) is 0. The Hall–Kier alpha value is 0.200. The molecule has 0 aromatic heterocycles. The molecule has 1 saturated carbocycles. The second-order valence-corrected chi connectivity index (χ2v) is 7.62. The molecule has 16 heavy (non-hydrogen) atoms. The van der Waals surface area contributed by atoms with Crippen LogP contribution in [0.4, 0.5) is 0 Å². The molecule has 0 aromatic rings. The van der Waals surface area contributed by atoms with Crippen molar-refractivity contribution in [1.29, 1.82) is 0 Å². The van der Waals surface area contributed by atoms with E-state index in [0.717, 1.165) is 6.54 Å². The van der Waals surface area contributed by atoms with E-state index in [2.05, 4.69) is 11.9 Å². The predicted molar refractivity (Wildman–Crippen MR) is 68.4 cm³/mol. The highest BCUT2D eigenvalue weighted by Crippen LogP contribution is 2.21. The van der Waals surface area contributed by atoms with Gasteiger partial charge in [-0.1, -0.05) is 25.7 Å². The smallest absolute Gasteiger partial charge is 0.232 e. The van der Waals surface area contributed by atoms with Crippen molar-refractivity contribution >= 4 is 19.7 Å². The Morgan fingerprint density at radius 1 is 1.19 bits per heavy atom. The van der Waals surface area contributed by atoms with E-state index in [4.69, 9.17) is 10.7 Å². The Bertz CT molecular complexity index is 284. The van der Waals surface area contributed by atoms with Crippen molar-refractivity contribution < 1.29 is 8.42 Å². The van der Waals surface area contributed by atoms with Gasteiger partial charge in [-0.15, -0.1) is 0 Å².